The molecule has 0 aliphatic rings. The SMILES string of the molecule is COC(=O)c1ccc(Cl)c(NC(=O)CNCc2ccc(OC)cc2)c1. The standard InChI is InChI=1S/C18H19ClN2O4/c1-24-14-6-3-12(4-7-14)10-20-11-17(22)21-16-9-13(18(23)25-2)5-8-15(16)19/h3-9,20H,10-11H2,1-2H3,(H,21,22). The van der Waals surface area contributed by atoms with Gasteiger partial charge in [0.25, 0.3) is 0 Å². The van der Waals surface area contributed by atoms with Gasteiger partial charge < -0.3 is 20.1 Å². The minimum Gasteiger partial charge on any atom is -0.497 e. The maximum absolute atomic E-state index is 12.0. The Kier molecular flexibility index (Phi) is 6.80. The van der Waals surface area contributed by atoms with E-state index in [2.05, 4.69) is 15.4 Å². The number of rotatable bonds is 7. The summed E-state index contributed by atoms with van der Waals surface area (Å²) in [5.41, 5.74) is 1.70. The van der Waals surface area contributed by atoms with Crippen molar-refractivity contribution in [2.24, 2.45) is 0 Å². The summed E-state index contributed by atoms with van der Waals surface area (Å²) in [6.07, 6.45) is 0. The molecular weight excluding hydrogens is 344 g/mol. The largest absolute Gasteiger partial charge is 0.497 e. The van der Waals surface area contributed by atoms with Crippen LogP contribution < -0.4 is 15.4 Å². The number of ether oxygens (including phenoxy) is 2. The van der Waals surface area contributed by atoms with E-state index in [0.717, 1.165) is 11.3 Å². The van der Waals surface area contributed by atoms with Crippen LogP contribution in [0.1, 0.15) is 15.9 Å². The number of hydrogen-bond acceptors (Lipinski definition) is 5. The van der Waals surface area contributed by atoms with Crippen LogP contribution in [-0.2, 0) is 16.1 Å². The molecule has 1 amide bonds. The smallest absolute Gasteiger partial charge is 0.337 e. The fraction of sp³-hybridized carbons (Fsp3) is 0.222. The first-order valence-electron chi connectivity index (χ1n) is 7.55. The van der Waals surface area contributed by atoms with Crippen molar-refractivity contribution < 1.29 is 19.1 Å². The molecule has 132 valence electrons. The average molecular weight is 363 g/mol. The zero-order chi connectivity index (χ0) is 18.2. The van der Waals surface area contributed by atoms with Gasteiger partial charge in [-0.3, -0.25) is 4.79 Å². The van der Waals surface area contributed by atoms with Gasteiger partial charge in [-0.1, -0.05) is 23.7 Å². The van der Waals surface area contributed by atoms with E-state index < -0.39 is 5.97 Å². The Labute approximate surface area is 151 Å². The molecule has 0 atom stereocenters. The minimum atomic E-state index is -0.496. The van der Waals surface area contributed by atoms with Gasteiger partial charge in [-0.15, -0.1) is 0 Å². The van der Waals surface area contributed by atoms with Crippen LogP contribution in [-0.4, -0.2) is 32.6 Å². The van der Waals surface area contributed by atoms with Crippen LogP contribution in [0.4, 0.5) is 5.69 Å². The number of methoxy groups -OCH3 is 2. The van der Waals surface area contributed by atoms with Gasteiger partial charge in [-0.05, 0) is 35.9 Å². The average Bonchev–Trinajstić information content (AvgIpc) is 2.63. The van der Waals surface area contributed by atoms with Gasteiger partial charge in [0, 0.05) is 6.54 Å². The van der Waals surface area contributed by atoms with Gasteiger partial charge in [0.05, 0.1) is 37.0 Å². The summed E-state index contributed by atoms with van der Waals surface area (Å²) in [4.78, 5) is 23.6. The van der Waals surface area contributed by atoms with Crippen LogP contribution >= 0.6 is 11.6 Å². The number of halogens is 1. The molecule has 0 unspecified atom stereocenters. The van der Waals surface area contributed by atoms with Gasteiger partial charge >= 0.3 is 5.97 Å². The molecule has 0 fully saturated rings. The highest BCUT2D eigenvalue weighted by molar-refractivity contribution is 6.33. The van der Waals surface area contributed by atoms with E-state index in [1.54, 1.807) is 7.11 Å². The molecule has 6 nitrogen and oxygen atoms in total. The van der Waals surface area contributed by atoms with Crippen LogP contribution in [0.3, 0.4) is 0 Å². The molecule has 0 aromatic heterocycles. The Morgan fingerprint density at radius 3 is 2.44 bits per heavy atom. The number of carbonyl (C=O) groups is 2. The number of amides is 1. The first-order valence-corrected chi connectivity index (χ1v) is 7.92. The van der Waals surface area contributed by atoms with Crippen molar-refractivity contribution in [1.29, 1.82) is 0 Å². The zero-order valence-electron chi connectivity index (χ0n) is 14.0. The topological polar surface area (TPSA) is 76.7 Å². The van der Waals surface area contributed by atoms with Crippen molar-refractivity contribution in [1.82, 2.24) is 5.32 Å². The highest BCUT2D eigenvalue weighted by Crippen LogP contribution is 2.23. The summed E-state index contributed by atoms with van der Waals surface area (Å²) in [5, 5.41) is 6.06. The quantitative estimate of drug-likeness (QED) is 0.741. The van der Waals surface area contributed by atoms with Crippen LogP contribution in [0.5, 0.6) is 5.75 Å². The summed E-state index contributed by atoms with van der Waals surface area (Å²) in [7, 11) is 2.90. The second kappa shape index (κ2) is 9.05. The lowest BCUT2D eigenvalue weighted by atomic mass is 10.2. The van der Waals surface area contributed by atoms with Crippen molar-refractivity contribution >= 4 is 29.2 Å². The van der Waals surface area contributed by atoms with E-state index in [9.17, 15) is 9.59 Å². The number of esters is 1. The molecule has 7 heteroatoms. The van der Waals surface area contributed by atoms with E-state index in [1.807, 2.05) is 24.3 Å². The third-order valence-electron chi connectivity index (χ3n) is 3.44. The molecular formula is C18H19ClN2O4. The van der Waals surface area contributed by atoms with Crippen molar-refractivity contribution in [3.63, 3.8) is 0 Å². The molecule has 2 aromatic carbocycles. The van der Waals surface area contributed by atoms with E-state index in [1.165, 1.54) is 25.3 Å². The maximum atomic E-state index is 12.0. The van der Waals surface area contributed by atoms with Crippen LogP contribution in [0.25, 0.3) is 0 Å². The van der Waals surface area contributed by atoms with Gasteiger partial charge in [-0.2, -0.15) is 0 Å². The van der Waals surface area contributed by atoms with Crippen LogP contribution in [0, 0.1) is 0 Å². The zero-order valence-corrected chi connectivity index (χ0v) is 14.7. The lowest BCUT2D eigenvalue weighted by molar-refractivity contribution is -0.115. The molecule has 0 aliphatic heterocycles. The number of nitrogens with one attached hydrogen (secondary N) is 2. The third kappa shape index (κ3) is 5.48. The Bertz CT molecular complexity index is 747. The van der Waals surface area contributed by atoms with Crippen molar-refractivity contribution in [3.05, 3.63) is 58.6 Å². The predicted octanol–water partition coefficient (Wildman–Crippen LogP) is 2.86. The Morgan fingerprint density at radius 1 is 1.08 bits per heavy atom. The van der Waals surface area contributed by atoms with Crippen LogP contribution in [0.2, 0.25) is 5.02 Å². The number of benzene rings is 2. The molecule has 0 heterocycles. The van der Waals surface area contributed by atoms with Gasteiger partial charge in [-0.25, -0.2) is 4.79 Å². The van der Waals surface area contributed by atoms with Crippen LogP contribution in [0.15, 0.2) is 42.5 Å². The molecule has 0 radical (unpaired) electrons. The fourth-order valence-corrected chi connectivity index (χ4v) is 2.29. The van der Waals surface area contributed by atoms with Gasteiger partial charge in [0.2, 0.25) is 5.91 Å². The maximum Gasteiger partial charge on any atom is 0.337 e. The number of hydrogen-bond donors (Lipinski definition) is 2. The van der Waals surface area contributed by atoms with Crippen molar-refractivity contribution in [2.75, 3.05) is 26.1 Å². The second-order valence-electron chi connectivity index (χ2n) is 5.19. The Morgan fingerprint density at radius 2 is 1.80 bits per heavy atom. The lowest BCUT2D eigenvalue weighted by Gasteiger charge is -2.10. The normalized spacial score (nSPS) is 10.2. The number of carbonyl (C=O) groups excluding carboxylic acids is 2. The molecule has 2 aromatic rings. The molecule has 25 heavy (non-hydrogen) atoms. The first-order chi connectivity index (χ1) is 12.0. The summed E-state index contributed by atoms with van der Waals surface area (Å²) in [6, 6.07) is 12.1. The van der Waals surface area contributed by atoms with E-state index in [-0.39, 0.29) is 12.5 Å². The summed E-state index contributed by atoms with van der Waals surface area (Å²) in [6.45, 7) is 0.637. The van der Waals surface area contributed by atoms with E-state index in [0.29, 0.717) is 22.8 Å². The molecule has 0 bridgehead atoms. The second-order valence-corrected chi connectivity index (χ2v) is 5.59. The molecule has 0 aliphatic carbocycles. The molecule has 2 rings (SSSR count). The third-order valence-corrected chi connectivity index (χ3v) is 3.76. The van der Waals surface area contributed by atoms with E-state index >= 15 is 0 Å². The first kappa shape index (κ1) is 18.8. The van der Waals surface area contributed by atoms with Crippen molar-refractivity contribution in [2.45, 2.75) is 6.54 Å². The molecule has 0 saturated heterocycles. The highest BCUT2D eigenvalue weighted by Gasteiger charge is 2.11. The Balaban J connectivity index is 1.88. The molecule has 0 saturated carbocycles. The summed E-state index contributed by atoms with van der Waals surface area (Å²) < 4.78 is 9.74. The molecule has 2 N–H and O–H groups in total. The number of anilines is 1. The fourth-order valence-electron chi connectivity index (χ4n) is 2.12. The molecule has 0 spiro atoms. The highest BCUT2D eigenvalue weighted by atomic mass is 35.5. The van der Waals surface area contributed by atoms with E-state index in [4.69, 9.17) is 16.3 Å². The summed E-state index contributed by atoms with van der Waals surface area (Å²) in [5.74, 6) is 0.0175. The lowest BCUT2D eigenvalue weighted by Crippen LogP contribution is -2.27. The predicted molar refractivity (Wildman–Crippen MR) is 96.1 cm³/mol. The Hall–Kier alpha value is -2.57. The van der Waals surface area contributed by atoms with Gasteiger partial charge in [0.15, 0.2) is 0 Å². The van der Waals surface area contributed by atoms with Crippen molar-refractivity contribution in [3.8, 4) is 5.75 Å². The minimum absolute atomic E-state index is 0.102. The summed E-state index contributed by atoms with van der Waals surface area (Å²) >= 11 is 6.05. The monoisotopic (exact) mass is 362 g/mol. The van der Waals surface area contributed by atoms with Gasteiger partial charge in [0.1, 0.15) is 5.75 Å².